The smallest absolute Gasteiger partial charge is 0.306 e. The van der Waals surface area contributed by atoms with E-state index >= 15 is 0 Å². The molecule has 0 aromatic heterocycles. The van der Waals surface area contributed by atoms with E-state index in [1.54, 1.807) is 0 Å². The molecule has 0 aliphatic carbocycles. The third-order valence-electron chi connectivity index (χ3n) is 9.33. The fourth-order valence-electron chi connectivity index (χ4n) is 6.00. The van der Waals surface area contributed by atoms with Gasteiger partial charge in [0.15, 0.2) is 12.4 Å². The summed E-state index contributed by atoms with van der Waals surface area (Å²) >= 11 is 0. The number of esters is 2. The number of hydrogen-bond donors (Lipinski definition) is 4. The van der Waals surface area contributed by atoms with Crippen molar-refractivity contribution < 1.29 is 56.8 Å². The summed E-state index contributed by atoms with van der Waals surface area (Å²) in [6.07, 6.45) is 31.2. The summed E-state index contributed by atoms with van der Waals surface area (Å²) in [6.45, 7) is 3.56. The van der Waals surface area contributed by atoms with Crippen LogP contribution in [0, 0.1) is 0 Å². The molecule has 6 atom stereocenters. The highest BCUT2D eigenvalue weighted by Gasteiger charge is 2.46. The van der Waals surface area contributed by atoms with Crippen LogP contribution >= 0.6 is 0 Å². The van der Waals surface area contributed by atoms with Crippen LogP contribution in [0.5, 0.6) is 0 Å². The van der Waals surface area contributed by atoms with E-state index < -0.39 is 71.2 Å². The number of ether oxygens (including phenoxy) is 4. The lowest BCUT2D eigenvalue weighted by Gasteiger charge is -2.40. The van der Waals surface area contributed by atoms with Crippen LogP contribution in [0.1, 0.15) is 149 Å². The Labute approximate surface area is 343 Å². The van der Waals surface area contributed by atoms with Crippen LogP contribution in [0.2, 0.25) is 0 Å². The molecule has 0 bridgehead atoms. The summed E-state index contributed by atoms with van der Waals surface area (Å²) < 4.78 is 53.9. The third kappa shape index (κ3) is 29.2. The predicted molar refractivity (Wildman–Crippen MR) is 224 cm³/mol. The van der Waals surface area contributed by atoms with Gasteiger partial charge in [-0.25, -0.2) is 0 Å². The molecule has 13 heteroatoms. The first-order chi connectivity index (χ1) is 27.5. The second-order valence-corrected chi connectivity index (χ2v) is 16.1. The van der Waals surface area contributed by atoms with Crippen molar-refractivity contribution in [2.75, 3.05) is 19.0 Å². The van der Waals surface area contributed by atoms with Crippen molar-refractivity contribution in [3.05, 3.63) is 60.8 Å². The van der Waals surface area contributed by atoms with E-state index in [4.69, 9.17) is 18.9 Å². The van der Waals surface area contributed by atoms with E-state index in [0.29, 0.717) is 12.8 Å². The summed E-state index contributed by atoms with van der Waals surface area (Å²) in [7, 11) is -4.61. The summed E-state index contributed by atoms with van der Waals surface area (Å²) in [6, 6.07) is 0. The molecule has 57 heavy (non-hydrogen) atoms. The van der Waals surface area contributed by atoms with Gasteiger partial charge in [0.25, 0.3) is 10.1 Å². The zero-order valence-electron chi connectivity index (χ0n) is 34.7. The summed E-state index contributed by atoms with van der Waals surface area (Å²) in [5.41, 5.74) is 0. The van der Waals surface area contributed by atoms with E-state index in [2.05, 4.69) is 74.6 Å². The fourth-order valence-corrected chi connectivity index (χ4v) is 6.69. The molecule has 4 N–H and O–H groups in total. The number of aliphatic hydroxyl groups excluding tert-OH is 3. The minimum absolute atomic E-state index is 0.139. The van der Waals surface area contributed by atoms with Crippen LogP contribution in [0.25, 0.3) is 0 Å². The molecule has 0 aromatic carbocycles. The van der Waals surface area contributed by atoms with Crippen LogP contribution in [0.4, 0.5) is 0 Å². The monoisotopic (exact) mass is 826 g/mol. The Morgan fingerprint density at radius 1 is 0.614 bits per heavy atom. The molecule has 0 aromatic rings. The highest BCUT2D eigenvalue weighted by Crippen LogP contribution is 2.24. The van der Waals surface area contributed by atoms with Gasteiger partial charge in [-0.3, -0.25) is 14.1 Å². The highest BCUT2D eigenvalue weighted by molar-refractivity contribution is 7.85. The van der Waals surface area contributed by atoms with E-state index in [1.807, 2.05) is 0 Å². The first-order valence-electron chi connectivity index (χ1n) is 21.3. The molecule has 0 radical (unpaired) electrons. The van der Waals surface area contributed by atoms with Gasteiger partial charge in [0, 0.05) is 12.8 Å². The van der Waals surface area contributed by atoms with Crippen molar-refractivity contribution in [1.29, 1.82) is 0 Å². The van der Waals surface area contributed by atoms with Crippen LogP contribution in [-0.2, 0) is 38.7 Å². The van der Waals surface area contributed by atoms with Crippen molar-refractivity contribution in [3.63, 3.8) is 0 Å². The maximum atomic E-state index is 12.8. The first kappa shape index (κ1) is 52.4. The summed E-state index contributed by atoms with van der Waals surface area (Å²) in [4.78, 5) is 25.3. The number of aliphatic hydroxyl groups is 3. The Morgan fingerprint density at radius 3 is 1.65 bits per heavy atom. The largest absolute Gasteiger partial charge is 0.462 e. The average Bonchev–Trinajstić information content (AvgIpc) is 3.17. The number of allylic oxidation sites excluding steroid dienone is 10. The van der Waals surface area contributed by atoms with Crippen LogP contribution < -0.4 is 0 Å². The van der Waals surface area contributed by atoms with Gasteiger partial charge >= 0.3 is 11.9 Å². The van der Waals surface area contributed by atoms with Crippen molar-refractivity contribution in [3.8, 4) is 0 Å². The van der Waals surface area contributed by atoms with Gasteiger partial charge in [-0.05, 0) is 70.6 Å². The lowest BCUT2D eigenvalue weighted by Crippen LogP contribution is -2.60. The van der Waals surface area contributed by atoms with Gasteiger partial charge in [0.05, 0.1) is 6.61 Å². The lowest BCUT2D eigenvalue weighted by atomic mass is 10.00. The Bertz CT molecular complexity index is 1290. The predicted octanol–water partition coefficient (Wildman–Crippen LogP) is 8.17. The molecule has 1 aliphatic rings. The number of carbonyl (C=O) groups is 2. The molecule has 0 amide bonds. The van der Waals surface area contributed by atoms with Crippen molar-refractivity contribution >= 4 is 22.1 Å². The van der Waals surface area contributed by atoms with Gasteiger partial charge in [0.1, 0.15) is 36.8 Å². The summed E-state index contributed by atoms with van der Waals surface area (Å²) in [5, 5.41) is 30.8. The van der Waals surface area contributed by atoms with Crippen molar-refractivity contribution in [2.45, 2.75) is 185 Å². The number of hydrogen-bond acceptors (Lipinski definition) is 11. The first-order valence-corrected chi connectivity index (χ1v) is 23.0. The molecule has 1 rings (SSSR count). The van der Waals surface area contributed by atoms with Gasteiger partial charge < -0.3 is 34.3 Å². The van der Waals surface area contributed by atoms with Crippen molar-refractivity contribution in [1.82, 2.24) is 0 Å². The Balaban J connectivity index is 2.50. The van der Waals surface area contributed by atoms with Crippen LogP contribution in [0.3, 0.4) is 0 Å². The van der Waals surface area contributed by atoms with Gasteiger partial charge in [0.2, 0.25) is 0 Å². The van der Waals surface area contributed by atoms with Crippen LogP contribution in [0.15, 0.2) is 60.8 Å². The molecule has 1 fully saturated rings. The third-order valence-corrected chi connectivity index (χ3v) is 10.1. The van der Waals surface area contributed by atoms with E-state index in [0.717, 1.165) is 96.3 Å². The van der Waals surface area contributed by atoms with E-state index in [1.165, 1.54) is 12.8 Å². The molecular formula is C44H74O12S. The van der Waals surface area contributed by atoms with Crippen LogP contribution in [-0.4, -0.2) is 96.0 Å². The van der Waals surface area contributed by atoms with Gasteiger partial charge in [-0.2, -0.15) is 8.42 Å². The molecule has 12 nitrogen and oxygen atoms in total. The quantitative estimate of drug-likeness (QED) is 0.0211. The molecule has 1 aliphatic heterocycles. The minimum Gasteiger partial charge on any atom is -0.462 e. The molecule has 328 valence electrons. The normalized spacial score (nSPS) is 21.1. The van der Waals surface area contributed by atoms with E-state index in [9.17, 15) is 37.9 Å². The van der Waals surface area contributed by atoms with E-state index in [-0.39, 0.29) is 19.4 Å². The summed E-state index contributed by atoms with van der Waals surface area (Å²) in [5.74, 6) is -2.03. The Hall–Kier alpha value is -2.65. The second kappa shape index (κ2) is 34.2. The maximum Gasteiger partial charge on any atom is 0.306 e. The Morgan fingerprint density at radius 2 is 1.11 bits per heavy atom. The fraction of sp³-hybridized carbons (Fsp3) is 0.727. The Kier molecular flexibility index (Phi) is 31.5. The zero-order valence-corrected chi connectivity index (χ0v) is 35.5. The van der Waals surface area contributed by atoms with Gasteiger partial charge in [-0.1, -0.05) is 126 Å². The average molecular weight is 827 g/mol. The molecular weight excluding hydrogens is 753 g/mol. The number of unbranched alkanes of at least 4 members (excludes halogenated alkanes) is 12. The topological polar surface area (TPSA) is 186 Å². The molecule has 1 saturated heterocycles. The van der Waals surface area contributed by atoms with Crippen molar-refractivity contribution in [2.24, 2.45) is 0 Å². The lowest BCUT2D eigenvalue weighted by molar-refractivity contribution is -0.297. The SMILES string of the molecule is CC/C=C/C/C=C/C/C=C/CCCCCCCC(=O)O[C@H](COC(=O)CCCCCCC/C=C/C/C=C/CCCC)CO[C@H]1O[C@H](CS(=O)(=O)O)[C@@H](O)C(O)C1O. The number of rotatable bonds is 34. The highest BCUT2D eigenvalue weighted by atomic mass is 32.2. The maximum absolute atomic E-state index is 12.8. The zero-order chi connectivity index (χ0) is 42.0. The molecule has 0 spiro atoms. The minimum atomic E-state index is -4.61. The molecule has 2 unspecified atom stereocenters. The number of carbonyl (C=O) groups excluding carboxylic acids is 2. The standard InChI is InChI=1S/C44H74O12S/c1-3-5-7-9-11-13-15-17-19-21-23-25-27-29-31-33-40(46)55-37(35-54-44-43(49)42(48)41(47)38(56-44)36-57(50,51)52)34-53-39(45)32-30-28-26-24-22-20-18-16-14-12-10-8-6-4-2/h5,7,10-13,16-19,37-38,41-44,47-49H,3-4,6,8-9,14-15,20-36H2,1-2H3,(H,50,51,52)/b7-5+,12-10+,13-11+,18-16+,19-17+/t37-,38-,41-,42?,43?,44+/m1/s1. The van der Waals surface area contributed by atoms with Gasteiger partial charge in [-0.15, -0.1) is 0 Å². The second-order valence-electron chi connectivity index (χ2n) is 14.6. The molecule has 0 saturated carbocycles. The molecule has 1 heterocycles.